The molecule has 1 amide bonds. The van der Waals surface area contributed by atoms with Crippen LogP contribution in [0.15, 0.2) is 11.2 Å². The molecule has 7 nitrogen and oxygen atoms in total. The third-order valence-corrected chi connectivity index (χ3v) is 1.51. The van der Waals surface area contributed by atoms with E-state index in [4.69, 9.17) is 5.53 Å². The molecule has 0 aliphatic rings. The molecular weight excluding hydrogens is 196 g/mol. The minimum absolute atomic E-state index is 0.227. The molecule has 78 valence electrons. The van der Waals surface area contributed by atoms with E-state index >= 15 is 0 Å². The van der Waals surface area contributed by atoms with Gasteiger partial charge in [-0.3, -0.25) is 10.1 Å². The van der Waals surface area contributed by atoms with Gasteiger partial charge in [0.05, 0.1) is 0 Å². The first-order chi connectivity index (χ1) is 7.11. The predicted molar refractivity (Wildman–Crippen MR) is 54.1 cm³/mol. The number of carbonyl (C=O) groups is 1. The molecule has 0 aliphatic carbocycles. The van der Waals surface area contributed by atoms with Gasteiger partial charge in [-0.15, -0.1) is 0 Å². The molecule has 15 heavy (non-hydrogen) atoms. The average molecular weight is 206 g/mol. The zero-order chi connectivity index (χ0) is 11.3. The van der Waals surface area contributed by atoms with Crippen molar-refractivity contribution in [3.05, 3.63) is 27.9 Å². The highest BCUT2D eigenvalue weighted by Gasteiger charge is 2.03. The smallest absolute Gasteiger partial charge is 0.232 e. The van der Waals surface area contributed by atoms with Crippen molar-refractivity contribution in [2.75, 3.05) is 11.9 Å². The van der Waals surface area contributed by atoms with Gasteiger partial charge in [0.15, 0.2) is 0 Å². The van der Waals surface area contributed by atoms with Gasteiger partial charge in [0, 0.05) is 16.3 Å². The SMILES string of the molecule is Cc1cc(C)nc(NC(=O)CN=[N+]=[N-])n1. The quantitative estimate of drug-likeness (QED) is 0.458. The molecule has 0 aromatic carbocycles. The van der Waals surface area contributed by atoms with Gasteiger partial charge < -0.3 is 0 Å². The van der Waals surface area contributed by atoms with Crippen LogP contribution in [0.4, 0.5) is 5.95 Å². The van der Waals surface area contributed by atoms with Crippen LogP contribution < -0.4 is 5.32 Å². The molecule has 1 N–H and O–H groups in total. The maximum Gasteiger partial charge on any atom is 0.232 e. The molecule has 0 spiro atoms. The summed E-state index contributed by atoms with van der Waals surface area (Å²) in [7, 11) is 0. The first-order valence-corrected chi connectivity index (χ1v) is 4.25. The lowest BCUT2D eigenvalue weighted by Crippen LogP contribution is -2.17. The van der Waals surface area contributed by atoms with Gasteiger partial charge in [-0.1, -0.05) is 5.11 Å². The summed E-state index contributed by atoms with van der Waals surface area (Å²) in [6, 6.07) is 1.79. The number of hydrogen-bond acceptors (Lipinski definition) is 4. The van der Waals surface area contributed by atoms with Crippen molar-refractivity contribution in [3.8, 4) is 0 Å². The third kappa shape index (κ3) is 3.61. The molecule has 0 atom stereocenters. The van der Waals surface area contributed by atoms with Crippen molar-refractivity contribution < 1.29 is 4.79 Å². The molecule has 0 radical (unpaired) electrons. The Morgan fingerprint density at radius 1 is 1.53 bits per heavy atom. The molecule has 1 aromatic rings. The number of azide groups is 1. The van der Waals surface area contributed by atoms with Crippen molar-refractivity contribution in [2.45, 2.75) is 13.8 Å². The number of hydrogen-bond donors (Lipinski definition) is 1. The van der Waals surface area contributed by atoms with Gasteiger partial charge in [0.25, 0.3) is 0 Å². The molecule has 0 fully saturated rings. The summed E-state index contributed by atoms with van der Waals surface area (Å²) >= 11 is 0. The van der Waals surface area contributed by atoms with Crippen molar-refractivity contribution in [1.82, 2.24) is 9.97 Å². The molecule has 0 saturated heterocycles. The van der Waals surface area contributed by atoms with Gasteiger partial charge >= 0.3 is 0 Å². The van der Waals surface area contributed by atoms with E-state index in [0.29, 0.717) is 0 Å². The fourth-order valence-electron chi connectivity index (χ4n) is 1.04. The van der Waals surface area contributed by atoms with Crippen molar-refractivity contribution in [3.63, 3.8) is 0 Å². The number of nitrogens with one attached hydrogen (secondary N) is 1. The number of aromatic nitrogens is 2. The second-order valence-electron chi connectivity index (χ2n) is 2.91. The standard InChI is InChI=1S/C8H10N6O/c1-5-3-6(2)12-8(11-5)13-7(15)4-10-14-9/h3H,4H2,1-2H3,(H,11,12,13,15). The van der Waals surface area contributed by atoms with Gasteiger partial charge in [-0.05, 0) is 25.4 Å². The topological polar surface area (TPSA) is 104 Å². The molecule has 1 rings (SSSR count). The van der Waals surface area contributed by atoms with E-state index in [1.54, 1.807) is 19.9 Å². The Bertz CT molecular complexity index is 403. The summed E-state index contributed by atoms with van der Waals surface area (Å²) in [4.78, 5) is 21.6. The Balaban J connectivity index is 2.71. The Morgan fingerprint density at radius 2 is 2.13 bits per heavy atom. The zero-order valence-corrected chi connectivity index (χ0v) is 8.43. The summed E-state index contributed by atoms with van der Waals surface area (Å²) in [5.41, 5.74) is 9.55. The number of amides is 1. The second kappa shape index (κ2) is 4.92. The van der Waals surface area contributed by atoms with E-state index in [2.05, 4.69) is 25.3 Å². The van der Waals surface area contributed by atoms with E-state index in [9.17, 15) is 4.79 Å². The largest absolute Gasteiger partial charge is 0.294 e. The molecule has 7 heteroatoms. The Hall–Kier alpha value is -2.14. The Morgan fingerprint density at radius 3 is 2.67 bits per heavy atom. The van der Waals surface area contributed by atoms with E-state index in [-0.39, 0.29) is 12.5 Å². The van der Waals surface area contributed by atoms with Crippen LogP contribution in [0, 0.1) is 13.8 Å². The molecule has 0 aliphatic heterocycles. The highest BCUT2D eigenvalue weighted by atomic mass is 16.2. The average Bonchev–Trinajstić information content (AvgIpc) is 2.13. The molecule has 0 saturated carbocycles. The molecule has 0 unspecified atom stereocenters. The van der Waals surface area contributed by atoms with Crippen molar-refractivity contribution in [1.29, 1.82) is 0 Å². The van der Waals surface area contributed by atoms with Crippen LogP contribution in [-0.4, -0.2) is 22.4 Å². The summed E-state index contributed by atoms with van der Waals surface area (Å²) in [6.07, 6.45) is 0. The number of anilines is 1. The van der Waals surface area contributed by atoms with Crippen LogP contribution >= 0.6 is 0 Å². The Labute approximate surface area is 86.2 Å². The normalized spacial score (nSPS) is 9.20. The maximum absolute atomic E-state index is 11.1. The van der Waals surface area contributed by atoms with Crippen LogP contribution in [0.25, 0.3) is 10.4 Å². The second-order valence-corrected chi connectivity index (χ2v) is 2.91. The fourth-order valence-corrected chi connectivity index (χ4v) is 1.04. The van der Waals surface area contributed by atoms with E-state index < -0.39 is 5.91 Å². The van der Waals surface area contributed by atoms with Gasteiger partial charge in [-0.25, -0.2) is 9.97 Å². The zero-order valence-electron chi connectivity index (χ0n) is 8.43. The van der Waals surface area contributed by atoms with Crippen LogP contribution in [-0.2, 0) is 4.79 Å². The van der Waals surface area contributed by atoms with Crippen molar-refractivity contribution in [2.24, 2.45) is 5.11 Å². The van der Waals surface area contributed by atoms with Crippen LogP contribution in [0.2, 0.25) is 0 Å². The number of carbonyl (C=O) groups excluding carboxylic acids is 1. The maximum atomic E-state index is 11.1. The van der Waals surface area contributed by atoms with Gasteiger partial charge in [-0.2, -0.15) is 0 Å². The predicted octanol–water partition coefficient (Wildman–Crippen LogP) is 1.34. The summed E-state index contributed by atoms with van der Waals surface area (Å²) in [5.74, 6) is -0.205. The molecule has 1 aromatic heterocycles. The fraction of sp³-hybridized carbons (Fsp3) is 0.375. The molecule has 1 heterocycles. The lowest BCUT2D eigenvalue weighted by molar-refractivity contribution is -0.114. The summed E-state index contributed by atoms with van der Waals surface area (Å²) < 4.78 is 0. The lowest BCUT2D eigenvalue weighted by Gasteiger charge is -2.03. The number of rotatable bonds is 3. The Kier molecular flexibility index (Phi) is 3.59. The highest BCUT2D eigenvalue weighted by Crippen LogP contribution is 2.03. The van der Waals surface area contributed by atoms with Crippen LogP contribution in [0.3, 0.4) is 0 Å². The van der Waals surface area contributed by atoms with Crippen molar-refractivity contribution >= 4 is 11.9 Å². The number of nitrogens with zero attached hydrogens (tertiary/aromatic N) is 5. The first-order valence-electron chi connectivity index (χ1n) is 4.25. The lowest BCUT2D eigenvalue weighted by atomic mass is 10.4. The molecule has 0 bridgehead atoms. The first kappa shape index (κ1) is 10.9. The third-order valence-electron chi connectivity index (χ3n) is 1.51. The molecular formula is C8H10N6O. The van der Waals surface area contributed by atoms with Gasteiger partial charge in [0.1, 0.15) is 6.54 Å². The van der Waals surface area contributed by atoms with E-state index in [0.717, 1.165) is 11.4 Å². The number of aryl methyl sites for hydroxylation is 2. The highest BCUT2D eigenvalue weighted by molar-refractivity contribution is 5.90. The minimum Gasteiger partial charge on any atom is -0.294 e. The summed E-state index contributed by atoms with van der Waals surface area (Å²) in [6.45, 7) is 3.35. The van der Waals surface area contributed by atoms with E-state index in [1.165, 1.54) is 0 Å². The van der Waals surface area contributed by atoms with Crippen LogP contribution in [0.1, 0.15) is 11.4 Å². The van der Waals surface area contributed by atoms with Crippen LogP contribution in [0.5, 0.6) is 0 Å². The summed E-state index contributed by atoms with van der Waals surface area (Å²) in [5, 5.41) is 5.56. The monoisotopic (exact) mass is 206 g/mol. The van der Waals surface area contributed by atoms with E-state index in [1.807, 2.05) is 0 Å². The minimum atomic E-state index is -0.433. The van der Waals surface area contributed by atoms with Gasteiger partial charge in [0.2, 0.25) is 11.9 Å².